The van der Waals surface area contributed by atoms with Gasteiger partial charge >= 0.3 is 0 Å². The van der Waals surface area contributed by atoms with Gasteiger partial charge in [-0.1, -0.05) is 18.2 Å². The molecule has 0 bridgehead atoms. The van der Waals surface area contributed by atoms with Crippen LogP contribution in [-0.2, 0) is 16.4 Å². The van der Waals surface area contributed by atoms with Gasteiger partial charge in [0.05, 0.1) is 11.5 Å². The lowest BCUT2D eigenvalue weighted by Gasteiger charge is -2.19. The van der Waals surface area contributed by atoms with Gasteiger partial charge in [0.2, 0.25) is 10.0 Å². The Labute approximate surface area is 143 Å². The highest BCUT2D eigenvalue weighted by Crippen LogP contribution is 2.26. The van der Waals surface area contributed by atoms with Gasteiger partial charge < -0.3 is 9.64 Å². The highest BCUT2D eigenvalue weighted by molar-refractivity contribution is 7.89. The molecular weight excluding hydrogens is 324 g/mol. The van der Waals surface area contributed by atoms with Crippen molar-refractivity contribution in [1.82, 2.24) is 4.72 Å². The van der Waals surface area contributed by atoms with Crippen molar-refractivity contribution in [3.05, 3.63) is 54.1 Å². The van der Waals surface area contributed by atoms with Gasteiger partial charge in [0.15, 0.2) is 0 Å². The number of ether oxygens (including phenoxy) is 1. The zero-order valence-electron chi connectivity index (χ0n) is 13.7. The van der Waals surface area contributed by atoms with Gasteiger partial charge in [-0.05, 0) is 49.2 Å². The maximum Gasteiger partial charge on any atom is 0.240 e. The van der Waals surface area contributed by atoms with Crippen LogP contribution in [0.4, 0.5) is 5.69 Å². The van der Waals surface area contributed by atoms with E-state index in [1.165, 1.54) is 11.3 Å². The molecule has 0 fully saturated rings. The SMILES string of the molecule is CCOc1ccc(S(=O)(=O)NCCN2CCc3ccccc32)cc1. The molecule has 2 aromatic rings. The number of rotatable bonds is 7. The Morgan fingerprint density at radius 3 is 2.62 bits per heavy atom. The summed E-state index contributed by atoms with van der Waals surface area (Å²) in [6.07, 6.45) is 1.02. The topological polar surface area (TPSA) is 58.6 Å². The van der Waals surface area contributed by atoms with Crippen molar-refractivity contribution in [2.75, 3.05) is 31.1 Å². The molecular formula is C18H22N2O3S. The highest BCUT2D eigenvalue weighted by Gasteiger charge is 2.19. The molecule has 0 aromatic heterocycles. The third-order valence-electron chi connectivity index (χ3n) is 4.10. The lowest BCUT2D eigenvalue weighted by Crippen LogP contribution is -2.34. The Morgan fingerprint density at radius 2 is 1.88 bits per heavy atom. The van der Waals surface area contributed by atoms with E-state index in [-0.39, 0.29) is 4.90 Å². The summed E-state index contributed by atoms with van der Waals surface area (Å²) in [5.74, 6) is 0.671. The van der Waals surface area contributed by atoms with Crippen molar-refractivity contribution in [2.45, 2.75) is 18.2 Å². The van der Waals surface area contributed by atoms with Crippen LogP contribution in [-0.4, -0.2) is 34.7 Å². The van der Waals surface area contributed by atoms with Gasteiger partial charge in [-0.25, -0.2) is 13.1 Å². The van der Waals surface area contributed by atoms with E-state index < -0.39 is 10.0 Å². The molecule has 0 spiro atoms. The van der Waals surface area contributed by atoms with Crippen molar-refractivity contribution in [1.29, 1.82) is 0 Å². The second-order valence-corrected chi connectivity index (χ2v) is 7.43. The molecule has 0 saturated heterocycles. The third-order valence-corrected chi connectivity index (χ3v) is 5.58. The van der Waals surface area contributed by atoms with Gasteiger partial charge in [-0.2, -0.15) is 0 Å². The predicted octanol–water partition coefficient (Wildman–Crippen LogP) is 2.43. The third kappa shape index (κ3) is 3.71. The molecule has 1 aliphatic rings. The molecule has 1 heterocycles. The van der Waals surface area contributed by atoms with E-state index in [1.54, 1.807) is 24.3 Å². The standard InChI is InChI=1S/C18H22N2O3S/c1-2-23-16-7-9-17(10-8-16)24(21,22)19-12-14-20-13-11-15-5-3-4-6-18(15)20/h3-10,19H,2,11-14H2,1H3. The molecule has 0 saturated carbocycles. The van der Waals surface area contributed by atoms with Gasteiger partial charge in [-0.15, -0.1) is 0 Å². The number of benzene rings is 2. The first kappa shape index (κ1) is 16.8. The molecule has 0 radical (unpaired) electrons. The van der Waals surface area contributed by atoms with Crippen LogP contribution >= 0.6 is 0 Å². The molecule has 128 valence electrons. The van der Waals surface area contributed by atoms with Crippen LogP contribution < -0.4 is 14.4 Å². The van der Waals surface area contributed by atoms with Crippen molar-refractivity contribution >= 4 is 15.7 Å². The zero-order valence-corrected chi connectivity index (χ0v) is 14.6. The minimum atomic E-state index is -3.49. The van der Waals surface area contributed by atoms with Crippen LogP contribution in [0.2, 0.25) is 0 Å². The van der Waals surface area contributed by atoms with Crippen LogP contribution in [0.25, 0.3) is 0 Å². The summed E-state index contributed by atoms with van der Waals surface area (Å²) < 4.78 is 32.7. The van der Waals surface area contributed by atoms with Gasteiger partial charge in [0.25, 0.3) is 0 Å². The second-order valence-electron chi connectivity index (χ2n) is 5.67. The largest absolute Gasteiger partial charge is 0.494 e. The highest BCUT2D eigenvalue weighted by atomic mass is 32.2. The first-order valence-electron chi connectivity index (χ1n) is 8.15. The second kappa shape index (κ2) is 7.23. The van der Waals surface area contributed by atoms with E-state index in [2.05, 4.69) is 21.8 Å². The normalized spacial score (nSPS) is 13.8. The van der Waals surface area contributed by atoms with Gasteiger partial charge in [0.1, 0.15) is 5.75 Å². The van der Waals surface area contributed by atoms with Crippen molar-refractivity contribution in [2.24, 2.45) is 0 Å². The summed E-state index contributed by atoms with van der Waals surface area (Å²) in [6, 6.07) is 14.8. The number of nitrogens with one attached hydrogen (secondary N) is 1. The first-order chi connectivity index (χ1) is 11.6. The average Bonchev–Trinajstić information content (AvgIpc) is 2.99. The molecule has 0 amide bonds. The van der Waals surface area contributed by atoms with Gasteiger partial charge in [-0.3, -0.25) is 0 Å². The quantitative estimate of drug-likeness (QED) is 0.836. The van der Waals surface area contributed by atoms with Crippen LogP contribution in [0.15, 0.2) is 53.4 Å². The predicted molar refractivity (Wildman–Crippen MR) is 95.2 cm³/mol. The minimum Gasteiger partial charge on any atom is -0.494 e. The monoisotopic (exact) mass is 346 g/mol. The van der Waals surface area contributed by atoms with Crippen molar-refractivity contribution < 1.29 is 13.2 Å². The Morgan fingerprint density at radius 1 is 1.12 bits per heavy atom. The fourth-order valence-electron chi connectivity index (χ4n) is 2.92. The molecule has 1 aliphatic heterocycles. The minimum absolute atomic E-state index is 0.257. The van der Waals surface area contributed by atoms with E-state index >= 15 is 0 Å². The van der Waals surface area contributed by atoms with E-state index in [4.69, 9.17) is 4.74 Å². The lowest BCUT2D eigenvalue weighted by atomic mass is 10.2. The number of sulfonamides is 1. The van der Waals surface area contributed by atoms with E-state index in [0.29, 0.717) is 25.4 Å². The van der Waals surface area contributed by atoms with E-state index in [1.807, 2.05) is 19.1 Å². The fraction of sp³-hybridized carbons (Fsp3) is 0.333. The zero-order chi connectivity index (χ0) is 17.0. The summed E-state index contributed by atoms with van der Waals surface area (Å²) in [5.41, 5.74) is 2.53. The maximum atomic E-state index is 12.4. The number of fused-ring (bicyclic) bond motifs is 1. The summed E-state index contributed by atoms with van der Waals surface area (Å²) in [6.45, 7) is 4.42. The first-order valence-corrected chi connectivity index (χ1v) is 9.64. The maximum absolute atomic E-state index is 12.4. The van der Waals surface area contributed by atoms with E-state index in [9.17, 15) is 8.42 Å². The molecule has 2 aromatic carbocycles. The average molecular weight is 346 g/mol. The Balaban J connectivity index is 1.58. The number of hydrogen-bond donors (Lipinski definition) is 1. The van der Waals surface area contributed by atoms with Crippen LogP contribution in [0.3, 0.4) is 0 Å². The van der Waals surface area contributed by atoms with Crippen LogP contribution in [0.5, 0.6) is 5.75 Å². The summed E-state index contributed by atoms with van der Waals surface area (Å²) in [7, 11) is -3.49. The molecule has 0 atom stereocenters. The van der Waals surface area contributed by atoms with Crippen molar-refractivity contribution in [3.8, 4) is 5.75 Å². The van der Waals surface area contributed by atoms with Gasteiger partial charge in [0, 0.05) is 25.3 Å². The summed E-state index contributed by atoms with van der Waals surface area (Å²) >= 11 is 0. The summed E-state index contributed by atoms with van der Waals surface area (Å²) in [4.78, 5) is 2.48. The molecule has 1 N–H and O–H groups in total. The molecule has 0 aliphatic carbocycles. The fourth-order valence-corrected chi connectivity index (χ4v) is 3.94. The smallest absolute Gasteiger partial charge is 0.240 e. The van der Waals surface area contributed by atoms with Crippen LogP contribution in [0.1, 0.15) is 12.5 Å². The molecule has 24 heavy (non-hydrogen) atoms. The molecule has 3 rings (SSSR count). The number of para-hydroxylation sites is 1. The Hall–Kier alpha value is -2.05. The number of hydrogen-bond acceptors (Lipinski definition) is 4. The summed E-state index contributed by atoms with van der Waals surface area (Å²) in [5, 5.41) is 0. The van der Waals surface area contributed by atoms with Crippen molar-refractivity contribution in [3.63, 3.8) is 0 Å². The number of anilines is 1. The molecule has 6 heteroatoms. The molecule has 5 nitrogen and oxygen atoms in total. The van der Waals surface area contributed by atoms with Crippen LogP contribution in [0, 0.1) is 0 Å². The number of nitrogens with zero attached hydrogens (tertiary/aromatic N) is 1. The Kier molecular flexibility index (Phi) is 5.06. The molecule has 0 unspecified atom stereocenters. The van der Waals surface area contributed by atoms with E-state index in [0.717, 1.165) is 13.0 Å². The Bertz CT molecular complexity index is 788. The lowest BCUT2D eigenvalue weighted by molar-refractivity contribution is 0.340.